The van der Waals surface area contributed by atoms with Crippen LogP contribution >= 0.6 is 0 Å². The fraction of sp³-hybridized carbons (Fsp3) is 0.700. The Balaban J connectivity index is 4.37. The molecule has 0 aromatic heterocycles. The average Bonchev–Trinajstić information content (AvgIpc) is 2.19. The largest absolute Gasteiger partial charge is 0.513 e. The van der Waals surface area contributed by atoms with Crippen molar-refractivity contribution in [2.45, 2.75) is 32.2 Å². The van der Waals surface area contributed by atoms with Gasteiger partial charge < -0.3 is 13.9 Å². The Labute approximate surface area is 92.9 Å². The number of methoxy groups -OCH3 is 2. The zero-order valence-electron chi connectivity index (χ0n) is 9.91. The first-order chi connectivity index (χ1) is 7.06. The molecule has 15 heavy (non-hydrogen) atoms. The molecule has 0 aliphatic rings. The summed E-state index contributed by atoms with van der Waals surface area (Å²) < 4.78 is 15.6. The normalized spacial score (nSPS) is 12.6. The summed E-state index contributed by atoms with van der Waals surface area (Å²) in [5.41, 5.74) is 0.412. The molecular formula is C10H20O4Si. The summed E-state index contributed by atoms with van der Waals surface area (Å²) in [7, 11) is 1.29. The van der Waals surface area contributed by atoms with Gasteiger partial charge in [-0.05, 0) is 13.0 Å². The average molecular weight is 232 g/mol. The molecule has 0 saturated carbocycles. The Kier molecular flexibility index (Phi) is 7.28. The van der Waals surface area contributed by atoms with E-state index >= 15 is 0 Å². The Morgan fingerprint density at radius 2 is 1.93 bits per heavy atom. The smallest absolute Gasteiger partial charge is 0.319 e. The molecule has 0 aliphatic heterocycles. The first-order valence-electron chi connectivity index (χ1n) is 4.98. The van der Waals surface area contributed by atoms with E-state index in [0.29, 0.717) is 5.57 Å². The van der Waals surface area contributed by atoms with Crippen molar-refractivity contribution in [1.29, 1.82) is 0 Å². The summed E-state index contributed by atoms with van der Waals surface area (Å²) in [4.78, 5) is 11.4. The van der Waals surface area contributed by atoms with Crippen LogP contribution in [0, 0.1) is 0 Å². The Morgan fingerprint density at radius 3 is 2.27 bits per heavy atom. The molecular weight excluding hydrogens is 212 g/mol. The van der Waals surface area contributed by atoms with Gasteiger partial charge in [0.25, 0.3) is 9.04 Å². The number of hydrogen-bond acceptors (Lipinski definition) is 4. The summed E-state index contributed by atoms with van der Waals surface area (Å²) in [5.74, 6) is -0.729. The number of rotatable bonds is 7. The number of ether oxygens (including phenoxy) is 2. The van der Waals surface area contributed by atoms with Crippen LogP contribution in [0.5, 0.6) is 0 Å². The van der Waals surface area contributed by atoms with Crippen LogP contribution in [0.3, 0.4) is 0 Å². The Bertz CT molecular complexity index is 213. The van der Waals surface area contributed by atoms with Gasteiger partial charge >= 0.3 is 5.97 Å². The first-order valence-corrected chi connectivity index (χ1v) is 6.94. The molecule has 5 heteroatoms. The minimum absolute atomic E-state index is 0.348. The highest BCUT2D eigenvalue weighted by molar-refractivity contribution is 6.55. The van der Waals surface area contributed by atoms with Crippen LogP contribution < -0.4 is 0 Å². The van der Waals surface area contributed by atoms with E-state index in [2.05, 4.69) is 6.58 Å². The number of hydrogen-bond donors (Lipinski definition) is 0. The van der Waals surface area contributed by atoms with E-state index in [-0.39, 0.29) is 11.9 Å². The SMILES string of the molecule is C=C(C)C(=O)O[SiH](CCC)C(OC)OC. The monoisotopic (exact) mass is 232 g/mol. The van der Waals surface area contributed by atoms with Crippen molar-refractivity contribution in [2.75, 3.05) is 14.2 Å². The summed E-state index contributed by atoms with van der Waals surface area (Å²) in [6.45, 7) is 7.22. The molecule has 0 amide bonds. The fourth-order valence-corrected chi connectivity index (χ4v) is 3.33. The zero-order chi connectivity index (χ0) is 11.8. The summed E-state index contributed by atoms with van der Waals surface area (Å²) in [6.07, 6.45) is 0.948. The molecule has 0 heterocycles. The van der Waals surface area contributed by atoms with Gasteiger partial charge in [0.05, 0.1) is 0 Å². The van der Waals surface area contributed by atoms with E-state index < -0.39 is 9.04 Å². The quantitative estimate of drug-likeness (QED) is 0.378. The second-order valence-corrected chi connectivity index (χ2v) is 5.79. The van der Waals surface area contributed by atoms with Gasteiger partial charge in [0.2, 0.25) is 0 Å². The van der Waals surface area contributed by atoms with Crippen LogP contribution in [0.15, 0.2) is 12.2 Å². The summed E-state index contributed by atoms with van der Waals surface area (Å²) in [6, 6.07) is 0.839. The second-order valence-electron chi connectivity index (χ2n) is 3.35. The predicted molar refractivity (Wildman–Crippen MR) is 61.0 cm³/mol. The summed E-state index contributed by atoms with van der Waals surface area (Å²) >= 11 is 0. The third-order valence-electron chi connectivity index (χ3n) is 1.95. The third kappa shape index (κ3) is 5.11. The van der Waals surface area contributed by atoms with E-state index in [1.165, 1.54) is 0 Å². The van der Waals surface area contributed by atoms with Crippen molar-refractivity contribution in [3.05, 3.63) is 12.2 Å². The van der Waals surface area contributed by atoms with Crippen LogP contribution in [-0.4, -0.2) is 35.1 Å². The lowest BCUT2D eigenvalue weighted by Gasteiger charge is -2.22. The van der Waals surface area contributed by atoms with E-state index in [4.69, 9.17) is 13.9 Å². The predicted octanol–water partition coefficient (Wildman–Crippen LogP) is 1.40. The standard InChI is InChI=1S/C10H20O4Si/c1-6-7-15(10(12-4)13-5)14-9(11)8(2)3/h10,15H,2,6-7H2,1,3-5H3. The topological polar surface area (TPSA) is 44.8 Å². The molecule has 0 bridgehead atoms. The Morgan fingerprint density at radius 1 is 1.40 bits per heavy atom. The van der Waals surface area contributed by atoms with Gasteiger partial charge in [-0.15, -0.1) is 0 Å². The van der Waals surface area contributed by atoms with E-state index in [0.717, 1.165) is 12.5 Å². The number of carbonyl (C=O) groups excluding carboxylic acids is 1. The second kappa shape index (κ2) is 7.61. The van der Waals surface area contributed by atoms with Gasteiger partial charge in [-0.3, -0.25) is 0 Å². The molecule has 0 aromatic rings. The van der Waals surface area contributed by atoms with Crippen LogP contribution in [0.2, 0.25) is 6.04 Å². The maximum Gasteiger partial charge on any atom is 0.319 e. The molecule has 0 rings (SSSR count). The summed E-state index contributed by atoms with van der Waals surface area (Å²) in [5, 5.41) is 0. The van der Waals surface area contributed by atoms with Crippen LogP contribution in [-0.2, 0) is 18.7 Å². The van der Waals surface area contributed by atoms with Gasteiger partial charge in [0.1, 0.15) is 0 Å². The van der Waals surface area contributed by atoms with Gasteiger partial charge in [0, 0.05) is 19.8 Å². The van der Waals surface area contributed by atoms with Crippen molar-refractivity contribution < 1.29 is 18.7 Å². The minimum atomic E-state index is -1.82. The Hall–Kier alpha value is -0.653. The van der Waals surface area contributed by atoms with Crippen LogP contribution in [0.4, 0.5) is 0 Å². The lowest BCUT2D eigenvalue weighted by atomic mass is 10.4. The maximum atomic E-state index is 11.4. The first kappa shape index (κ1) is 14.3. The van der Waals surface area contributed by atoms with Gasteiger partial charge in [-0.1, -0.05) is 19.9 Å². The molecule has 88 valence electrons. The molecule has 1 atom stereocenters. The van der Waals surface area contributed by atoms with E-state index in [9.17, 15) is 4.79 Å². The van der Waals surface area contributed by atoms with E-state index in [1.54, 1.807) is 21.1 Å². The molecule has 0 aromatic carbocycles. The highest BCUT2D eigenvalue weighted by Crippen LogP contribution is 2.10. The lowest BCUT2D eigenvalue weighted by Crippen LogP contribution is -2.38. The molecule has 0 radical (unpaired) electrons. The van der Waals surface area contributed by atoms with Crippen LogP contribution in [0.25, 0.3) is 0 Å². The van der Waals surface area contributed by atoms with Crippen molar-refractivity contribution in [2.24, 2.45) is 0 Å². The zero-order valence-corrected chi connectivity index (χ0v) is 11.1. The van der Waals surface area contributed by atoms with Crippen molar-refractivity contribution in [3.8, 4) is 0 Å². The molecule has 0 saturated heterocycles. The van der Waals surface area contributed by atoms with E-state index in [1.807, 2.05) is 6.92 Å². The number of carbonyl (C=O) groups is 1. The lowest BCUT2D eigenvalue weighted by molar-refractivity contribution is -0.132. The minimum Gasteiger partial charge on any atom is -0.513 e. The molecule has 1 unspecified atom stereocenters. The molecule has 0 fully saturated rings. The molecule has 0 aliphatic carbocycles. The highest BCUT2D eigenvalue weighted by Gasteiger charge is 2.27. The maximum absolute atomic E-state index is 11.4. The van der Waals surface area contributed by atoms with Gasteiger partial charge in [-0.2, -0.15) is 0 Å². The fourth-order valence-electron chi connectivity index (χ4n) is 1.17. The van der Waals surface area contributed by atoms with Crippen LogP contribution in [0.1, 0.15) is 20.3 Å². The molecule has 0 spiro atoms. The van der Waals surface area contributed by atoms with Gasteiger partial charge in [0.15, 0.2) is 5.91 Å². The van der Waals surface area contributed by atoms with Crippen molar-refractivity contribution in [1.82, 2.24) is 0 Å². The highest BCUT2D eigenvalue weighted by atomic mass is 28.3. The van der Waals surface area contributed by atoms with Gasteiger partial charge in [-0.25, -0.2) is 4.79 Å². The van der Waals surface area contributed by atoms with Crippen molar-refractivity contribution in [3.63, 3.8) is 0 Å². The van der Waals surface area contributed by atoms with Crippen molar-refractivity contribution >= 4 is 15.0 Å². The molecule has 0 N–H and O–H groups in total. The molecule has 4 nitrogen and oxygen atoms in total. The third-order valence-corrected chi connectivity index (χ3v) is 4.76.